The van der Waals surface area contributed by atoms with Crippen LogP contribution in [0, 0.1) is 0 Å². The van der Waals surface area contributed by atoms with E-state index in [0.717, 1.165) is 11.3 Å². The van der Waals surface area contributed by atoms with Crippen molar-refractivity contribution in [1.29, 1.82) is 0 Å². The third-order valence-electron chi connectivity index (χ3n) is 1.96. The zero-order valence-electron chi connectivity index (χ0n) is 9.68. The molecular weight excluding hydrogens is 196 g/mol. The predicted molar refractivity (Wildman–Crippen MR) is 68.9 cm³/mol. The molecule has 1 aliphatic carbocycles. The highest BCUT2D eigenvalue weighted by atomic mass is 16.5. The molecular formula is C15H16O. The maximum Gasteiger partial charge on any atom is 0.119 e. The van der Waals surface area contributed by atoms with Crippen LogP contribution in [0.4, 0.5) is 0 Å². The summed E-state index contributed by atoms with van der Waals surface area (Å²) in [6.07, 6.45) is 19.6. The molecule has 0 saturated carbocycles. The summed E-state index contributed by atoms with van der Waals surface area (Å²) in [5.41, 5.74) is 4.17. The summed E-state index contributed by atoms with van der Waals surface area (Å²) in [5.74, 6) is 0.834. The Morgan fingerprint density at radius 3 is 2.69 bits per heavy atom. The summed E-state index contributed by atoms with van der Waals surface area (Å²) in [4.78, 5) is 0. The zero-order chi connectivity index (χ0) is 11.6. The molecule has 0 N–H and O–H groups in total. The first-order valence-corrected chi connectivity index (χ1v) is 5.22. The van der Waals surface area contributed by atoms with E-state index < -0.39 is 0 Å². The second-order valence-corrected chi connectivity index (χ2v) is 3.14. The van der Waals surface area contributed by atoms with Crippen LogP contribution >= 0.6 is 0 Å². The lowest BCUT2D eigenvalue weighted by Gasteiger charge is -1.95. The standard InChI is InChI=1S/C15H16O/c1-3-4-5-6-7-9-14-10-8-11-15(16-2)13-12-14/h3-9,11-13H,1-2H3/b4-3-,6-5-,9-7+. The molecule has 1 aliphatic rings. The number of hydrogen-bond donors (Lipinski definition) is 0. The molecule has 0 spiro atoms. The van der Waals surface area contributed by atoms with Gasteiger partial charge in [0, 0.05) is 5.57 Å². The normalized spacial score (nSPS) is 15.9. The van der Waals surface area contributed by atoms with Crippen LogP contribution in [0.2, 0.25) is 0 Å². The molecule has 0 amide bonds. The molecule has 1 rings (SSSR count). The Kier molecular flexibility index (Phi) is 5.54. The minimum atomic E-state index is 0.834. The first-order chi connectivity index (χ1) is 7.86. The van der Waals surface area contributed by atoms with Gasteiger partial charge in [-0.15, -0.1) is 5.73 Å². The minimum Gasteiger partial charge on any atom is -0.497 e. The predicted octanol–water partition coefficient (Wildman–Crippen LogP) is 3.86. The number of ether oxygens (including phenoxy) is 1. The Morgan fingerprint density at radius 2 is 1.94 bits per heavy atom. The smallest absolute Gasteiger partial charge is 0.119 e. The van der Waals surface area contributed by atoms with Crippen molar-refractivity contribution in [2.75, 3.05) is 7.11 Å². The highest BCUT2D eigenvalue weighted by Crippen LogP contribution is 2.07. The number of allylic oxidation sites excluding steroid dienone is 10. The molecule has 0 heterocycles. The van der Waals surface area contributed by atoms with Crippen LogP contribution in [0.15, 0.2) is 77.8 Å². The maximum atomic E-state index is 5.12. The topological polar surface area (TPSA) is 9.23 Å². The van der Waals surface area contributed by atoms with Gasteiger partial charge in [-0.25, -0.2) is 0 Å². The summed E-state index contributed by atoms with van der Waals surface area (Å²) in [5, 5.41) is 0. The van der Waals surface area contributed by atoms with E-state index in [1.165, 1.54) is 0 Å². The van der Waals surface area contributed by atoms with Crippen molar-refractivity contribution < 1.29 is 4.74 Å². The van der Waals surface area contributed by atoms with Crippen molar-refractivity contribution in [2.45, 2.75) is 6.92 Å². The molecule has 0 fully saturated rings. The quantitative estimate of drug-likeness (QED) is 0.508. The molecule has 1 nitrogen and oxygen atoms in total. The van der Waals surface area contributed by atoms with E-state index in [2.05, 4.69) is 5.73 Å². The summed E-state index contributed by atoms with van der Waals surface area (Å²) in [6, 6.07) is 0. The van der Waals surface area contributed by atoms with Crippen molar-refractivity contribution in [1.82, 2.24) is 0 Å². The fourth-order valence-corrected chi connectivity index (χ4v) is 1.13. The van der Waals surface area contributed by atoms with Crippen LogP contribution in [0.5, 0.6) is 0 Å². The molecule has 0 bridgehead atoms. The van der Waals surface area contributed by atoms with Crippen LogP contribution in [-0.4, -0.2) is 7.11 Å². The van der Waals surface area contributed by atoms with Gasteiger partial charge in [-0.3, -0.25) is 0 Å². The highest BCUT2D eigenvalue weighted by Gasteiger charge is 1.91. The van der Waals surface area contributed by atoms with Crippen LogP contribution in [0.25, 0.3) is 0 Å². The van der Waals surface area contributed by atoms with Gasteiger partial charge >= 0.3 is 0 Å². The molecule has 1 heteroatoms. The molecule has 0 radical (unpaired) electrons. The fraction of sp³-hybridized carbons (Fsp3) is 0.133. The molecule has 0 aliphatic heterocycles. The van der Waals surface area contributed by atoms with E-state index >= 15 is 0 Å². The Bertz CT molecular complexity index is 422. The fourth-order valence-electron chi connectivity index (χ4n) is 1.13. The van der Waals surface area contributed by atoms with E-state index in [1.54, 1.807) is 7.11 Å². The maximum absolute atomic E-state index is 5.12. The molecule has 0 saturated heterocycles. The molecule has 0 aromatic rings. The van der Waals surface area contributed by atoms with Crippen LogP contribution in [0.1, 0.15) is 6.92 Å². The first-order valence-electron chi connectivity index (χ1n) is 5.22. The van der Waals surface area contributed by atoms with Crippen LogP contribution < -0.4 is 0 Å². The zero-order valence-corrected chi connectivity index (χ0v) is 9.68. The second-order valence-electron chi connectivity index (χ2n) is 3.14. The number of methoxy groups -OCH3 is 1. The summed E-state index contributed by atoms with van der Waals surface area (Å²) in [6.45, 7) is 1.99. The third kappa shape index (κ3) is 4.50. The number of rotatable bonds is 4. The van der Waals surface area contributed by atoms with Gasteiger partial charge in [-0.05, 0) is 37.3 Å². The molecule has 0 aromatic carbocycles. The first kappa shape index (κ1) is 12.1. The molecule has 16 heavy (non-hydrogen) atoms. The lowest BCUT2D eigenvalue weighted by atomic mass is 10.2. The van der Waals surface area contributed by atoms with Crippen molar-refractivity contribution in [3.05, 3.63) is 77.8 Å². The molecule has 0 unspecified atom stereocenters. The van der Waals surface area contributed by atoms with Crippen molar-refractivity contribution in [3.63, 3.8) is 0 Å². The van der Waals surface area contributed by atoms with Crippen molar-refractivity contribution in [3.8, 4) is 0 Å². The number of hydrogen-bond acceptors (Lipinski definition) is 1. The Balaban J connectivity index is 2.62. The van der Waals surface area contributed by atoms with E-state index in [4.69, 9.17) is 4.74 Å². The molecule has 0 atom stereocenters. The molecule has 0 aromatic heterocycles. The van der Waals surface area contributed by atoms with Gasteiger partial charge in [0.15, 0.2) is 0 Å². The van der Waals surface area contributed by atoms with E-state index in [0.29, 0.717) is 0 Å². The highest BCUT2D eigenvalue weighted by molar-refractivity contribution is 5.38. The van der Waals surface area contributed by atoms with Crippen molar-refractivity contribution >= 4 is 0 Å². The van der Waals surface area contributed by atoms with E-state index in [1.807, 2.05) is 67.7 Å². The average Bonchev–Trinajstić information content (AvgIpc) is 2.54. The Hall–Kier alpha value is -1.98. The van der Waals surface area contributed by atoms with Gasteiger partial charge in [0.05, 0.1) is 7.11 Å². The third-order valence-corrected chi connectivity index (χ3v) is 1.96. The monoisotopic (exact) mass is 212 g/mol. The van der Waals surface area contributed by atoms with Crippen molar-refractivity contribution in [2.24, 2.45) is 0 Å². The van der Waals surface area contributed by atoms with Gasteiger partial charge in [0.1, 0.15) is 5.76 Å². The van der Waals surface area contributed by atoms with E-state index in [-0.39, 0.29) is 0 Å². The summed E-state index contributed by atoms with van der Waals surface area (Å²) >= 11 is 0. The summed E-state index contributed by atoms with van der Waals surface area (Å²) in [7, 11) is 1.66. The largest absolute Gasteiger partial charge is 0.497 e. The van der Waals surface area contributed by atoms with Gasteiger partial charge in [-0.1, -0.05) is 30.4 Å². The second kappa shape index (κ2) is 7.33. The minimum absolute atomic E-state index is 0.834. The van der Waals surface area contributed by atoms with Gasteiger partial charge in [0.2, 0.25) is 0 Å². The SMILES string of the molecule is C\C=C/C=C\C=C\C1=C=CC=C(OC)C=C1. The lowest BCUT2D eigenvalue weighted by molar-refractivity contribution is 0.307. The summed E-state index contributed by atoms with van der Waals surface area (Å²) < 4.78 is 5.12. The molecule has 82 valence electrons. The Labute approximate surface area is 97.1 Å². The van der Waals surface area contributed by atoms with Gasteiger partial charge in [0.25, 0.3) is 0 Å². The van der Waals surface area contributed by atoms with Gasteiger partial charge < -0.3 is 4.74 Å². The van der Waals surface area contributed by atoms with E-state index in [9.17, 15) is 0 Å². The van der Waals surface area contributed by atoms with Gasteiger partial charge in [-0.2, -0.15) is 0 Å². The van der Waals surface area contributed by atoms with Crippen LogP contribution in [0.3, 0.4) is 0 Å². The average molecular weight is 212 g/mol. The Morgan fingerprint density at radius 1 is 1.12 bits per heavy atom. The lowest BCUT2D eigenvalue weighted by Crippen LogP contribution is -1.78. The van der Waals surface area contributed by atoms with Crippen LogP contribution in [-0.2, 0) is 4.74 Å².